The maximum atomic E-state index is 11.2. The summed E-state index contributed by atoms with van der Waals surface area (Å²) in [5, 5.41) is 9.03. The van der Waals surface area contributed by atoms with Crippen LogP contribution in [0, 0.1) is 24.2 Å². The van der Waals surface area contributed by atoms with E-state index in [2.05, 4.69) is 5.92 Å². The van der Waals surface area contributed by atoms with Crippen molar-refractivity contribution in [1.82, 2.24) is 0 Å². The molecule has 2 unspecified atom stereocenters. The molecule has 3 N–H and O–H groups in total. The molecule has 0 saturated heterocycles. The third kappa shape index (κ3) is 7.82. The van der Waals surface area contributed by atoms with Gasteiger partial charge in [0, 0.05) is 18.9 Å². The largest absolute Gasteiger partial charge is 0.396 e. The summed E-state index contributed by atoms with van der Waals surface area (Å²) in [6, 6.07) is 0. The summed E-state index contributed by atoms with van der Waals surface area (Å²) < 4.78 is 0. The van der Waals surface area contributed by atoms with Gasteiger partial charge in [0.1, 0.15) is 0 Å². The van der Waals surface area contributed by atoms with Crippen molar-refractivity contribution in [3.63, 3.8) is 0 Å². The molecule has 0 rings (SSSR count). The summed E-state index contributed by atoms with van der Waals surface area (Å²) in [5.41, 5.74) is 5.32. The van der Waals surface area contributed by atoms with Crippen molar-refractivity contribution < 1.29 is 9.90 Å². The van der Waals surface area contributed by atoms with Crippen molar-refractivity contribution >= 4 is 5.91 Å². The molecule has 3 nitrogen and oxygen atoms in total. The SMILES string of the molecule is C#CCCCCCCCC(C(N)=O)C(C)CO. The topological polar surface area (TPSA) is 63.3 Å². The van der Waals surface area contributed by atoms with Crippen LogP contribution in [-0.2, 0) is 4.79 Å². The molecular formula is C14H25NO2. The molecule has 0 heterocycles. The first-order valence-electron chi connectivity index (χ1n) is 6.47. The minimum absolute atomic E-state index is 0.0236. The number of carbonyl (C=O) groups is 1. The van der Waals surface area contributed by atoms with E-state index in [4.69, 9.17) is 17.3 Å². The van der Waals surface area contributed by atoms with Crippen LogP contribution in [0.25, 0.3) is 0 Å². The van der Waals surface area contributed by atoms with Crippen LogP contribution in [0.1, 0.15) is 51.9 Å². The van der Waals surface area contributed by atoms with Gasteiger partial charge in [-0.05, 0) is 18.8 Å². The number of hydrogen-bond donors (Lipinski definition) is 2. The van der Waals surface area contributed by atoms with Gasteiger partial charge >= 0.3 is 0 Å². The van der Waals surface area contributed by atoms with E-state index in [1.165, 1.54) is 0 Å². The highest BCUT2D eigenvalue weighted by atomic mass is 16.3. The lowest BCUT2D eigenvalue weighted by molar-refractivity contribution is -0.124. The van der Waals surface area contributed by atoms with E-state index in [0.717, 1.165) is 44.9 Å². The third-order valence-electron chi connectivity index (χ3n) is 3.18. The third-order valence-corrected chi connectivity index (χ3v) is 3.18. The lowest BCUT2D eigenvalue weighted by atomic mass is 9.89. The van der Waals surface area contributed by atoms with Crippen LogP contribution in [0.15, 0.2) is 0 Å². The highest BCUT2D eigenvalue weighted by Crippen LogP contribution is 2.19. The molecule has 0 aromatic rings. The molecule has 0 fully saturated rings. The number of primary amides is 1. The van der Waals surface area contributed by atoms with Gasteiger partial charge < -0.3 is 10.8 Å². The van der Waals surface area contributed by atoms with Gasteiger partial charge in [-0.25, -0.2) is 0 Å². The Balaban J connectivity index is 3.63. The molecular weight excluding hydrogens is 214 g/mol. The molecule has 0 spiro atoms. The van der Waals surface area contributed by atoms with Gasteiger partial charge in [-0.15, -0.1) is 12.3 Å². The fourth-order valence-corrected chi connectivity index (χ4v) is 1.96. The Kier molecular flexibility index (Phi) is 9.56. The number of aliphatic hydroxyl groups excluding tert-OH is 1. The Bertz CT molecular complexity index is 245. The van der Waals surface area contributed by atoms with Gasteiger partial charge in [0.15, 0.2) is 0 Å². The summed E-state index contributed by atoms with van der Waals surface area (Å²) in [7, 11) is 0. The standard InChI is InChI=1S/C14H25NO2/c1-3-4-5-6-7-8-9-10-13(14(15)17)12(2)11-16/h1,12-13,16H,4-11H2,2H3,(H2,15,17). The highest BCUT2D eigenvalue weighted by molar-refractivity contribution is 5.76. The number of rotatable bonds is 10. The van der Waals surface area contributed by atoms with Gasteiger partial charge in [0.2, 0.25) is 5.91 Å². The monoisotopic (exact) mass is 239 g/mol. The molecule has 17 heavy (non-hydrogen) atoms. The zero-order chi connectivity index (χ0) is 13.1. The first kappa shape index (κ1) is 16.0. The molecule has 98 valence electrons. The zero-order valence-electron chi connectivity index (χ0n) is 10.8. The minimum Gasteiger partial charge on any atom is -0.396 e. The van der Waals surface area contributed by atoms with Crippen molar-refractivity contribution in [3.05, 3.63) is 0 Å². The van der Waals surface area contributed by atoms with E-state index in [1.807, 2.05) is 6.92 Å². The first-order chi connectivity index (χ1) is 8.13. The van der Waals surface area contributed by atoms with E-state index in [-0.39, 0.29) is 24.3 Å². The predicted molar refractivity (Wildman–Crippen MR) is 70.1 cm³/mol. The lowest BCUT2D eigenvalue weighted by Crippen LogP contribution is -2.30. The fraction of sp³-hybridized carbons (Fsp3) is 0.786. The Morgan fingerprint density at radius 2 is 1.88 bits per heavy atom. The average Bonchev–Trinajstić information content (AvgIpc) is 2.31. The second-order valence-electron chi connectivity index (χ2n) is 4.68. The molecule has 3 heteroatoms. The van der Waals surface area contributed by atoms with Crippen LogP contribution in [-0.4, -0.2) is 17.6 Å². The van der Waals surface area contributed by atoms with Gasteiger partial charge in [-0.1, -0.05) is 32.6 Å². The van der Waals surface area contributed by atoms with Crippen molar-refractivity contribution in [2.75, 3.05) is 6.61 Å². The molecule has 0 aromatic carbocycles. The van der Waals surface area contributed by atoms with E-state index < -0.39 is 0 Å². The maximum absolute atomic E-state index is 11.2. The number of nitrogens with two attached hydrogens (primary N) is 1. The summed E-state index contributed by atoms with van der Waals surface area (Å²) in [4.78, 5) is 11.2. The van der Waals surface area contributed by atoms with Gasteiger partial charge in [-0.3, -0.25) is 4.79 Å². The smallest absolute Gasteiger partial charge is 0.220 e. The number of terminal acetylenes is 1. The molecule has 0 aliphatic rings. The number of carbonyl (C=O) groups excluding carboxylic acids is 1. The average molecular weight is 239 g/mol. The Morgan fingerprint density at radius 1 is 1.29 bits per heavy atom. The van der Waals surface area contributed by atoms with Crippen LogP contribution in [0.5, 0.6) is 0 Å². The van der Waals surface area contributed by atoms with Crippen molar-refractivity contribution in [1.29, 1.82) is 0 Å². The molecule has 0 radical (unpaired) electrons. The van der Waals surface area contributed by atoms with Crippen molar-refractivity contribution in [2.45, 2.75) is 51.9 Å². The van der Waals surface area contributed by atoms with E-state index in [9.17, 15) is 4.79 Å². The summed E-state index contributed by atoms with van der Waals surface area (Å²) in [6.07, 6.45) is 12.3. The molecule has 1 amide bonds. The van der Waals surface area contributed by atoms with Crippen LogP contribution in [0.2, 0.25) is 0 Å². The molecule has 0 aromatic heterocycles. The Morgan fingerprint density at radius 3 is 2.41 bits per heavy atom. The first-order valence-corrected chi connectivity index (χ1v) is 6.47. The van der Waals surface area contributed by atoms with E-state index >= 15 is 0 Å². The quantitative estimate of drug-likeness (QED) is 0.453. The summed E-state index contributed by atoms with van der Waals surface area (Å²) in [6.45, 7) is 1.89. The number of unbranched alkanes of at least 4 members (excludes halogenated alkanes) is 5. The van der Waals surface area contributed by atoms with Crippen LogP contribution in [0.3, 0.4) is 0 Å². The number of hydrogen-bond acceptors (Lipinski definition) is 2. The minimum atomic E-state index is -0.293. The summed E-state index contributed by atoms with van der Waals surface area (Å²) >= 11 is 0. The Hall–Kier alpha value is -1.01. The van der Waals surface area contributed by atoms with Gasteiger partial charge in [0.05, 0.1) is 0 Å². The van der Waals surface area contributed by atoms with E-state index in [1.54, 1.807) is 0 Å². The number of aliphatic hydroxyl groups is 1. The van der Waals surface area contributed by atoms with Crippen molar-refractivity contribution in [3.8, 4) is 12.3 Å². The van der Waals surface area contributed by atoms with E-state index in [0.29, 0.717) is 0 Å². The fourth-order valence-electron chi connectivity index (χ4n) is 1.96. The van der Waals surface area contributed by atoms with Crippen molar-refractivity contribution in [2.24, 2.45) is 17.6 Å². The van der Waals surface area contributed by atoms with Crippen LogP contribution in [0.4, 0.5) is 0 Å². The predicted octanol–water partition coefficient (Wildman–Crippen LogP) is 2.08. The zero-order valence-corrected chi connectivity index (χ0v) is 10.8. The highest BCUT2D eigenvalue weighted by Gasteiger charge is 2.21. The number of amides is 1. The normalized spacial score (nSPS) is 13.9. The molecule has 0 bridgehead atoms. The maximum Gasteiger partial charge on any atom is 0.220 e. The lowest BCUT2D eigenvalue weighted by Gasteiger charge is -2.18. The molecule has 0 aliphatic heterocycles. The summed E-state index contributed by atoms with van der Waals surface area (Å²) in [5.74, 6) is 2.11. The second kappa shape index (κ2) is 10.2. The second-order valence-corrected chi connectivity index (χ2v) is 4.68. The Labute approximate surface area is 105 Å². The van der Waals surface area contributed by atoms with Gasteiger partial charge in [-0.2, -0.15) is 0 Å². The molecule has 2 atom stereocenters. The van der Waals surface area contributed by atoms with Gasteiger partial charge in [0.25, 0.3) is 0 Å². The molecule has 0 aliphatic carbocycles. The van der Waals surface area contributed by atoms with Crippen LogP contribution < -0.4 is 5.73 Å². The molecule has 0 saturated carbocycles. The van der Waals surface area contributed by atoms with Crippen LogP contribution >= 0.6 is 0 Å².